The van der Waals surface area contributed by atoms with Crippen molar-refractivity contribution >= 4 is 0 Å². The van der Waals surface area contributed by atoms with Gasteiger partial charge in [0, 0.05) is 18.4 Å². The predicted octanol–water partition coefficient (Wildman–Crippen LogP) is 1.65. The number of likely N-dealkylation sites (tertiary alicyclic amines) is 1. The van der Waals surface area contributed by atoms with Gasteiger partial charge in [0.05, 0.1) is 12.2 Å². The Morgan fingerprint density at radius 1 is 1.31 bits per heavy atom. The van der Waals surface area contributed by atoms with Gasteiger partial charge < -0.3 is 14.7 Å². The Hall–Kier alpha value is -0.120. The van der Waals surface area contributed by atoms with E-state index in [1.54, 1.807) is 0 Å². The summed E-state index contributed by atoms with van der Waals surface area (Å²) in [4.78, 5) is 2.51. The number of aliphatic hydroxyl groups excluding tert-OH is 1. The average molecular weight is 227 g/mol. The van der Waals surface area contributed by atoms with Crippen molar-refractivity contribution in [2.45, 2.75) is 51.7 Å². The fraction of sp³-hybridized carbons (Fsp3) is 1.00. The van der Waals surface area contributed by atoms with Gasteiger partial charge in [0.2, 0.25) is 0 Å². The number of ether oxygens (including phenoxy) is 1. The van der Waals surface area contributed by atoms with Crippen LogP contribution in [-0.2, 0) is 4.74 Å². The first-order valence-corrected chi connectivity index (χ1v) is 6.75. The average Bonchev–Trinajstić information content (AvgIpc) is 2.30. The van der Waals surface area contributed by atoms with Crippen LogP contribution in [0, 0.1) is 5.41 Å². The summed E-state index contributed by atoms with van der Waals surface area (Å²) in [7, 11) is 0. The molecule has 16 heavy (non-hydrogen) atoms. The number of piperidine rings is 1. The van der Waals surface area contributed by atoms with E-state index in [4.69, 9.17) is 4.74 Å². The molecule has 1 saturated heterocycles. The van der Waals surface area contributed by atoms with E-state index >= 15 is 0 Å². The van der Waals surface area contributed by atoms with Crippen LogP contribution in [-0.4, -0.2) is 48.5 Å². The van der Waals surface area contributed by atoms with Crippen LogP contribution in [0.5, 0.6) is 0 Å². The smallest absolute Gasteiger partial charge is 0.0681 e. The Kier molecular flexibility index (Phi) is 3.88. The van der Waals surface area contributed by atoms with Crippen LogP contribution in [0.15, 0.2) is 0 Å². The first kappa shape index (κ1) is 12.3. The van der Waals surface area contributed by atoms with E-state index in [1.807, 2.05) is 6.92 Å². The summed E-state index contributed by atoms with van der Waals surface area (Å²) in [5, 5.41) is 10.0. The summed E-state index contributed by atoms with van der Waals surface area (Å²) in [6.45, 7) is 8.52. The quantitative estimate of drug-likeness (QED) is 0.792. The second-order valence-electron chi connectivity index (χ2n) is 5.27. The lowest BCUT2D eigenvalue weighted by Crippen LogP contribution is -2.62. The second kappa shape index (κ2) is 5.03. The van der Waals surface area contributed by atoms with Gasteiger partial charge in [-0.1, -0.05) is 6.92 Å². The van der Waals surface area contributed by atoms with Gasteiger partial charge in [-0.05, 0) is 45.8 Å². The molecule has 1 N–H and O–H groups in total. The lowest BCUT2D eigenvalue weighted by molar-refractivity contribution is -0.209. The van der Waals surface area contributed by atoms with Crippen LogP contribution < -0.4 is 0 Å². The highest BCUT2D eigenvalue weighted by Crippen LogP contribution is 2.50. The van der Waals surface area contributed by atoms with Crippen LogP contribution >= 0.6 is 0 Å². The summed E-state index contributed by atoms with van der Waals surface area (Å²) >= 11 is 0. The third-order valence-corrected chi connectivity index (χ3v) is 4.44. The minimum Gasteiger partial charge on any atom is -0.392 e. The molecular weight excluding hydrogens is 202 g/mol. The lowest BCUT2D eigenvalue weighted by atomic mass is 9.58. The van der Waals surface area contributed by atoms with E-state index in [1.165, 1.54) is 13.0 Å². The van der Waals surface area contributed by atoms with Crippen LogP contribution in [0.3, 0.4) is 0 Å². The molecule has 1 aliphatic carbocycles. The molecule has 2 rings (SSSR count). The molecule has 0 bridgehead atoms. The van der Waals surface area contributed by atoms with E-state index in [-0.39, 0.29) is 11.5 Å². The van der Waals surface area contributed by atoms with Crippen LogP contribution in [0.4, 0.5) is 0 Å². The predicted molar refractivity (Wildman–Crippen MR) is 64.4 cm³/mol. The minimum atomic E-state index is -0.118. The summed E-state index contributed by atoms with van der Waals surface area (Å²) in [6.07, 6.45) is 4.49. The number of aliphatic hydroxyl groups is 1. The van der Waals surface area contributed by atoms with Gasteiger partial charge in [0.25, 0.3) is 0 Å². The molecule has 2 atom stereocenters. The molecule has 1 heterocycles. The van der Waals surface area contributed by atoms with Crippen molar-refractivity contribution in [3.63, 3.8) is 0 Å². The van der Waals surface area contributed by atoms with Gasteiger partial charge >= 0.3 is 0 Å². The molecule has 3 nitrogen and oxygen atoms in total. The zero-order valence-corrected chi connectivity index (χ0v) is 10.6. The largest absolute Gasteiger partial charge is 0.392 e. The van der Waals surface area contributed by atoms with Gasteiger partial charge in [-0.25, -0.2) is 0 Å². The molecular formula is C13H25NO2. The molecule has 2 aliphatic rings. The third kappa shape index (κ3) is 2.01. The highest BCUT2D eigenvalue weighted by Gasteiger charge is 2.55. The number of rotatable bonds is 4. The maximum Gasteiger partial charge on any atom is 0.0681 e. The molecule has 0 aromatic carbocycles. The molecule has 1 spiro atoms. The summed E-state index contributed by atoms with van der Waals surface area (Å²) in [5.74, 6) is 0. The third-order valence-electron chi connectivity index (χ3n) is 4.44. The lowest BCUT2D eigenvalue weighted by Gasteiger charge is -2.56. The first-order chi connectivity index (χ1) is 7.73. The van der Waals surface area contributed by atoms with E-state index in [0.717, 1.165) is 39.0 Å². The van der Waals surface area contributed by atoms with E-state index < -0.39 is 0 Å². The van der Waals surface area contributed by atoms with Gasteiger partial charge in [-0.2, -0.15) is 0 Å². The highest BCUT2D eigenvalue weighted by molar-refractivity contribution is 5.06. The fourth-order valence-electron chi connectivity index (χ4n) is 3.33. The van der Waals surface area contributed by atoms with Gasteiger partial charge in [-0.15, -0.1) is 0 Å². The summed E-state index contributed by atoms with van der Waals surface area (Å²) in [6, 6.07) is 0. The van der Waals surface area contributed by atoms with Crippen LogP contribution in [0.1, 0.15) is 39.5 Å². The van der Waals surface area contributed by atoms with Crippen molar-refractivity contribution in [1.82, 2.24) is 4.90 Å². The van der Waals surface area contributed by atoms with E-state index in [2.05, 4.69) is 11.8 Å². The second-order valence-corrected chi connectivity index (χ2v) is 5.27. The van der Waals surface area contributed by atoms with Crippen LogP contribution in [0.2, 0.25) is 0 Å². The van der Waals surface area contributed by atoms with Gasteiger partial charge in [0.1, 0.15) is 0 Å². The SMILES string of the molecule is CCCN1CCC2(CC1)C(O)CC2OCC. The number of nitrogens with zero attached hydrogens (tertiary/aromatic N) is 1. The van der Waals surface area contributed by atoms with E-state index in [0.29, 0.717) is 6.10 Å². The molecule has 0 aromatic heterocycles. The van der Waals surface area contributed by atoms with Gasteiger partial charge in [0.15, 0.2) is 0 Å². The highest BCUT2D eigenvalue weighted by atomic mass is 16.5. The van der Waals surface area contributed by atoms with Crippen molar-refractivity contribution in [3.8, 4) is 0 Å². The Morgan fingerprint density at radius 2 is 2.00 bits per heavy atom. The molecule has 0 aromatic rings. The first-order valence-electron chi connectivity index (χ1n) is 6.75. The van der Waals surface area contributed by atoms with Gasteiger partial charge in [-0.3, -0.25) is 0 Å². The minimum absolute atomic E-state index is 0.0975. The fourth-order valence-corrected chi connectivity index (χ4v) is 3.33. The van der Waals surface area contributed by atoms with Crippen molar-refractivity contribution < 1.29 is 9.84 Å². The zero-order valence-electron chi connectivity index (χ0n) is 10.6. The molecule has 2 unspecified atom stereocenters. The molecule has 3 heteroatoms. The van der Waals surface area contributed by atoms with E-state index in [9.17, 15) is 5.11 Å². The Labute approximate surface area is 98.8 Å². The zero-order chi connectivity index (χ0) is 11.6. The molecule has 1 aliphatic heterocycles. The normalized spacial score (nSPS) is 33.9. The maximum atomic E-state index is 10.0. The molecule has 94 valence electrons. The van der Waals surface area contributed by atoms with Crippen molar-refractivity contribution in [3.05, 3.63) is 0 Å². The number of hydrogen-bond donors (Lipinski definition) is 1. The topological polar surface area (TPSA) is 32.7 Å². The Morgan fingerprint density at radius 3 is 2.50 bits per heavy atom. The summed E-state index contributed by atoms with van der Waals surface area (Å²) in [5.41, 5.74) is 0.0975. The van der Waals surface area contributed by atoms with Crippen molar-refractivity contribution in [2.24, 2.45) is 5.41 Å². The summed E-state index contributed by atoms with van der Waals surface area (Å²) < 4.78 is 5.76. The number of hydrogen-bond acceptors (Lipinski definition) is 3. The monoisotopic (exact) mass is 227 g/mol. The molecule has 0 amide bonds. The van der Waals surface area contributed by atoms with Crippen LogP contribution in [0.25, 0.3) is 0 Å². The standard InChI is InChI=1S/C13H25NO2/c1-3-7-14-8-5-13(6-9-14)11(15)10-12(13)16-4-2/h11-12,15H,3-10H2,1-2H3. The molecule has 0 radical (unpaired) electrons. The Bertz CT molecular complexity index is 222. The van der Waals surface area contributed by atoms with Crippen molar-refractivity contribution in [1.29, 1.82) is 0 Å². The molecule has 1 saturated carbocycles. The maximum absolute atomic E-state index is 10.0. The molecule has 2 fully saturated rings. The van der Waals surface area contributed by atoms with Crippen molar-refractivity contribution in [2.75, 3.05) is 26.2 Å². The Balaban J connectivity index is 1.89.